The lowest BCUT2D eigenvalue weighted by Crippen LogP contribution is -2.19. The Labute approximate surface area is 166 Å². The first-order chi connectivity index (χ1) is 13.6. The van der Waals surface area contributed by atoms with Gasteiger partial charge in [0.25, 0.3) is 0 Å². The molecule has 0 saturated heterocycles. The van der Waals surface area contributed by atoms with Gasteiger partial charge in [0.1, 0.15) is 11.6 Å². The van der Waals surface area contributed by atoms with E-state index in [0.29, 0.717) is 21.7 Å². The zero-order valence-electron chi connectivity index (χ0n) is 14.1. The standard InChI is InChI=1S/C19H12F2N4OS2/c20-13-5-1-11(2-6-13)15-9-27-18(22-15)24-17(26)25-19-23-16(10-28-19)12-3-7-14(21)8-4-12/h1-10H,(H2,22,23,24,25,26). The summed E-state index contributed by atoms with van der Waals surface area (Å²) < 4.78 is 26.0. The fourth-order valence-electron chi connectivity index (χ4n) is 2.39. The minimum absolute atomic E-state index is 0.319. The lowest BCUT2D eigenvalue weighted by Gasteiger charge is -2.02. The van der Waals surface area contributed by atoms with E-state index in [9.17, 15) is 13.6 Å². The minimum atomic E-state index is -0.472. The molecule has 0 spiro atoms. The Morgan fingerprint density at radius 1 is 0.714 bits per heavy atom. The number of carbonyl (C=O) groups is 1. The number of nitrogens with zero attached hydrogens (tertiary/aromatic N) is 2. The second-order valence-electron chi connectivity index (χ2n) is 5.67. The average molecular weight is 414 g/mol. The first-order valence-corrected chi connectivity index (χ1v) is 9.84. The van der Waals surface area contributed by atoms with Crippen molar-refractivity contribution in [2.24, 2.45) is 0 Å². The van der Waals surface area contributed by atoms with E-state index in [2.05, 4.69) is 20.6 Å². The SMILES string of the molecule is O=C(Nc1nc(-c2ccc(F)cc2)cs1)Nc1nc(-c2ccc(F)cc2)cs1. The highest BCUT2D eigenvalue weighted by Crippen LogP contribution is 2.27. The lowest BCUT2D eigenvalue weighted by atomic mass is 10.2. The molecular formula is C19H12F2N4OS2. The predicted molar refractivity (Wildman–Crippen MR) is 108 cm³/mol. The predicted octanol–water partition coefficient (Wildman–Crippen LogP) is 5.86. The van der Waals surface area contributed by atoms with E-state index in [1.165, 1.54) is 46.9 Å². The Morgan fingerprint density at radius 3 is 1.50 bits per heavy atom. The third-order valence-corrected chi connectivity index (χ3v) is 5.24. The number of hydrogen-bond donors (Lipinski definition) is 2. The summed E-state index contributed by atoms with van der Waals surface area (Å²) in [6, 6.07) is 11.5. The van der Waals surface area contributed by atoms with Crippen molar-refractivity contribution in [1.82, 2.24) is 9.97 Å². The van der Waals surface area contributed by atoms with Crippen molar-refractivity contribution in [3.8, 4) is 22.5 Å². The largest absolute Gasteiger partial charge is 0.327 e. The van der Waals surface area contributed by atoms with Gasteiger partial charge in [-0.3, -0.25) is 10.6 Å². The normalized spacial score (nSPS) is 10.6. The Bertz CT molecular complexity index is 1020. The zero-order valence-corrected chi connectivity index (χ0v) is 15.8. The third kappa shape index (κ3) is 4.21. The first kappa shape index (κ1) is 18.2. The van der Waals surface area contributed by atoms with E-state index < -0.39 is 6.03 Å². The quantitative estimate of drug-likeness (QED) is 0.440. The van der Waals surface area contributed by atoms with Crippen LogP contribution in [0.2, 0.25) is 0 Å². The van der Waals surface area contributed by atoms with Crippen molar-refractivity contribution in [3.05, 3.63) is 70.9 Å². The summed E-state index contributed by atoms with van der Waals surface area (Å²) in [4.78, 5) is 20.8. The molecule has 0 aliphatic rings. The molecule has 2 N–H and O–H groups in total. The zero-order chi connectivity index (χ0) is 19.5. The van der Waals surface area contributed by atoms with Crippen molar-refractivity contribution in [1.29, 1.82) is 0 Å². The van der Waals surface area contributed by atoms with E-state index in [4.69, 9.17) is 0 Å². The fraction of sp³-hybridized carbons (Fsp3) is 0. The molecule has 4 aromatic rings. The Hall–Kier alpha value is -3.17. The number of carbonyl (C=O) groups excluding carboxylic acids is 1. The van der Waals surface area contributed by atoms with Crippen LogP contribution < -0.4 is 10.6 Å². The summed E-state index contributed by atoms with van der Waals surface area (Å²) in [6.45, 7) is 0. The number of urea groups is 1. The van der Waals surface area contributed by atoms with Crippen LogP contribution in [0, 0.1) is 11.6 Å². The van der Waals surface area contributed by atoms with Gasteiger partial charge in [-0.2, -0.15) is 0 Å². The summed E-state index contributed by atoms with van der Waals surface area (Å²) in [7, 11) is 0. The number of anilines is 2. The van der Waals surface area contributed by atoms with E-state index in [1.54, 1.807) is 35.0 Å². The molecular weight excluding hydrogens is 402 g/mol. The molecule has 2 aromatic heterocycles. The molecule has 0 aliphatic carbocycles. The number of aromatic nitrogens is 2. The van der Waals surface area contributed by atoms with Crippen LogP contribution in [0.15, 0.2) is 59.3 Å². The molecule has 28 heavy (non-hydrogen) atoms. The van der Waals surface area contributed by atoms with E-state index >= 15 is 0 Å². The number of halogens is 2. The maximum atomic E-state index is 13.0. The molecule has 0 atom stereocenters. The minimum Gasteiger partial charge on any atom is -0.283 e. The van der Waals surface area contributed by atoms with Gasteiger partial charge in [-0.25, -0.2) is 23.5 Å². The van der Waals surface area contributed by atoms with Crippen LogP contribution in [-0.2, 0) is 0 Å². The smallest absolute Gasteiger partial charge is 0.283 e. The maximum Gasteiger partial charge on any atom is 0.327 e. The molecule has 9 heteroatoms. The van der Waals surface area contributed by atoms with Crippen molar-refractivity contribution >= 4 is 39.0 Å². The van der Waals surface area contributed by atoms with Crippen LogP contribution in [0.1, 0.15) is 0 Å². The fourth-order valence-corrected chi connectivity index (χ4v) is 3.82. The lowest BCUT2D eigenvalue weighted by molar-refractivity contribution is 0.262. The van der Waals surface area contributed by atoms with E-state index in [0.717, 1.165) is 11.1 Å². The van der Waals surface area contributed by atoms with Gasteiger partial charge in [0, 0.05) is 21.9 Å². The monoisotopic (exact) mass is 414 g/mol. The van der Waals surface area contributed by atoms with Crippen molar-refractivity contribution in [2.75, 3.05) is 10.6 Å². The number of nitrogens with one attached hydrogen (secondary N) is 2. The van der Waals surface area contributed by atoms with Gasteiger partial charge < -0.3 is 0 Å². The molecule has 0 aliphatic heterocycles. The molecule has 4 rings (SSSR count). The highest BCUT2D eigenvalue weighted by atomic mass is 32.1. The van der Waals surface area contributed by atoms with Crippen LogP contribution in [0.4, 0.5) is 23.8 Å². The molecule has 0 bridgehead atoms. The van der Waals surface area contributed by atoms with E-state index in [-0.39, 0.29) is 11.6 Å². The molecule has 2 heterocycles. The average Bonchev–Trinajstić information content (AvgIpc) is 3.33. The Morgan fingerprint density at radius 2 is 1.11 bits per heavy atom. The third-order valence-electron chi connectivity index (χ3n) is 3.73. The topological polar surface area (TPSA) is 66.9 Å². The molecule has 0 unspecified atom stereocenters. The Balaban J connectivity index is 1.40. The van der Waals surface area contributed by atoms with Crippen LogP contribution >= 0.6 is 22.7 Å². The second-order valence-corrected chi connectivity index (χ2v) is 7.38. The number of thiazole rings is 2. The van der Waals surface area contributed by atoms with Gasteiger partial charge in [0.05, 0.1) is 11.4 Å². The van der Waals surface area contributed by atoms with Crippen molar-refractivity contribution in [2.45, 2.75) is 0 Å². The number of benzene rings is 2. The molecule has 140 valence electrons. The molecule has 0 saturated carbocycles. The van der Waals surface area contributed by atoms with Crippen LogP contribution in [0.3, 0.4) is 0 Å². The van der Waals surface area contributed by atoms with Gasteiger partial charge >= 0.3 is 6.03 Å². The first-order valence-electron chi connectivity index (χ1n) is 8.08. The summed E-state index contributed by atoms with van der Waals surface area (Å²) in [6.07, 6.45) is 0. The van der Waals surface area contributed by atoms with Crippen LogP contribution in [0.25, 0.3) is 22.5 Å². The summed E-state index contributed by atoms with van der Waals surface area (Å²) in [5, 5.41) is 9.67. The van der Waals surface area contributed by atoms with Gasteiger partial charge in [0.2, 0.25) is 0 Å². The van der Waals surface area contributed by atoms with Crippen molar-refractivity contribution in [3.63, 3.8) is 0 Å². The highest BCUT2D eigenvalue weighted by Gasteiger charge is 2.11. The Kier molecular flexibility index (Phi) is 5.09. The molecule has 5 nitrogen and oxygen atoms in total. The summed E-state index contributed by atoms with van der Waals surface area (Å²) in [5.41, 5.74) is 2.81. The van der Waals surface area contributed by atoms with E-state index in [1.807, 2.05) is 0 Å². The molecule has 0 radical (unpaired) electrons. The van der Waals surface area contributed by atoms with Gasteiger partial charge in [0.15, 0.2) is 10.3 Å². The second kappa shape index (κ2) is 7.83. The molecule has 2 aromatic carbocycles. The van der Waals surface area contributed by atoms with Gasteiger partial charge in [-0.05, 0) is 48.5 Å². The van der Waals surface area contributed by atoms with Crippen molar-refractivity contribution < 1.29 is 13.6 Å². The summed E-state index contributed by atoms with van der Waals surface area (Å²) >= 11 is 2.52. The van der Waals surface area contributed by atoms with Crippen LogP contribution in [-0.4, -0.2) is 16.0 Å². The van der Waals surface area contributed by atoms with Gasteiger partial charge in [-0.15, -0.1) is 22.7 Å². The number of amides is 2. The maximum absolute atomic E-state index is 13.0. The van der Waals surface area contributed by atoms with Crippen LogP contribution in [0.5, 0.6) is 0 Å². The molecule has 2 amide bonds. The summed E-state index contributed by atoms with van der Waals surface area (Å²) in [5.74, 6) is -0.639. The number of hydrogen-bond acceptors (Lipinski definition) is 5. The highest BCUT2D eigenvalue weighted by molar-refractivity contribution is 7.14. The molecule has 0 fully saturated rings. The van der Waals surface area contributed by atoms with Gasteiger partial charge in [-0.1, -0.05) is 0 Å². The number of rotatable bonds is 4.